The molecule has 1 fully saturated rings. The monoisotopic (exact) mass is 272 g/mol. The van der Waals surface area contributed by atoms with Crippen molar-refractivity contribution in [1.82, 2.24) is 0 Å². The van der Waals surface area contributed by atoms with Gasteiger partial charge in [0.15, 0.2) is 0 Å². The number of hydrogen-bond donors (Lipinski definition) is 1. The van der Waals surface area contributed by atoms with Crippen molar-refractivity contribution in [3.63, 3.8) is 0 Å². The first-order valence-corrected chi connectivity index (χ1v) is 6.05. The number of ether oxygens (including phenoxy) is 2. The Hall–Kier alpha value is -1.85. The summed E-state index contributed by atoms with van der Waals surface area (Å²) in [6.45, 7) is -2.95. The molecule has 0 radical (unpaired) electrons. The van der Waals surface area contributed by atoms with Gasteiger partial charge >= 0.3 is 12.6 Å². The molecule has 4 nitrogen and oxygen atoms in total. The number of aromatic carboxylic acids is 1. The van der Waals surface area contributed by atoms with E-state index in [4.69, 9.17) is 9.84 Å². The van der Waals surface area contributed by atoms with Crippen LogP contribution < -0.4 is 9.47 Å². The third-order valence-electron chi connectivity index (χ3n) is 3.00. The van der Waals surface area contributed by atoms with Gasteiger partial charge in [0.2, 0.25) is 0 Å². The van der Waals surface area contributed by atoms with Crippen LogP contribution in [0.1, 0.15) is 36.0 Å². The van der Waals surface area contributed by atoms with Gasteiger partial charge in [0.1, 0.15) is 17.1 Å². The minimum absolute atomic E-state index is 0.0477. The highest BCUT2D eigenvalue weighted by atomic mass is 19.3. The average Bonchev–Trinajstić information content (AvgIpc) is 2.80. The number of benzene rings is 1. The van der Waals surface area contributed by atoms with Crippen LogP contribution in [0.25, 0.3) is 0 Å². The van der Waals surface area contributed by atoms with Gasteiger partial charge in [0.05, 0.1) is 6.10 Å². The van der Waals surface area contributed by atoms with E-state index in [9.17, 15) is 13.6 Å². The highest BCUT2D eigenvalue weighted by Gasteiger charge is 2.21. The maximum Gasteiger partial charge on any atom is 0.387 e. The van der Waals surface area contributed by atoms with Gasteiger partial charge in [-0.05, 0) is 37.8 Å². The topological polar surface area (TPSA) is 55.8 Å². The van der Waals surface area contributed by atoms with E-state index >= 15 is 0 Å². The standard InChI is InChI=1S/C13H14F2O4/c14-13(15)19-9-5-6-10(12(16)17)11(7-9)18-8-3-1-2-4-8/h5-8,13H,1-4H2,(H,16,17). The molecule has 19 heavy (non-hydrogen) atoms. The Morgan fingerprint density at radius 3 is 2.58 bits per heavy atom. The molecular weight excluding hydrogens is 258 g/mol. The molecule has 0 aromatic heterocycles. The van der Waals surface area contributed by atoms with Crippen molar-refractivity contribution >= 4 is 5.97 Å². The van der Waals surface area contributed by atoms with E-state index < -0.39 is 12.6 Å². The van der Waals surface area contributed by atoms with Crippen LogP contribution in [0.5, 0.6) is 11.5 Å². The predicted octanol–water partition coefficient (Wildman–Crippen LogP) is 3.31. The Bertz CT molecular complexity index is 456. The Morgan fingerprint density at radius 1 is 1.32 bits per heavy atom. The molecule has 1 N–H and O–H groups in total. The average molecular weight is 272 g/mol. The summed E-state index contributed by atoms with van der Waals surface area (Å²) in [5.74, 6) is -1.18. The Labute approximate surface area is 108 Å². The van der Waals surface area contributed by atoms with Crippen molar-refractivity contribution in [2.45, 2.75) is 38.4 Å². The summed E-state index contributed by atoms with van der Waals surface area (Å²) < 4.78 is 34.1. The fourth-order valence-corrected chi connectivity index (χ4v) is 2.14. The number of halogens is 2. The predicted molar refractivity (Wildman–Crippen MR) is 62.9 cm³/mol. The molecule has 6 heteroatoms. The number of carboxylic acids is 1. The van der Waals surface area contributed by atoms with Gasteiger partial charge in [-0.1, -0.05) is 0 Å². The summed E-state index contributed by atoms with van der Waals surface area (Å²) >= 11 is 0. The smallest absolute Gasteiger partial charge is 0.387 e. The van der Waals surface area contributed by atoms with Crippen molar-refractivity contribution in [2.24, 2.45) is 0 Å². The van der Waals surface area contributed by atoms with Crippen LogP contribution in [0.3, 0.4) is 0 Å². The van der Waals surface area contributed by atoms with Crippen molar-refractivity contribution in [2.75, 3.05) is 0 Å². The van der Waals surface area contributed by atoms with Crippen LogP contribution in [0, 0.1) is 0 Å². The minimum atomic E-state index is -2.95. The van der Waals surface area contributed by atoms with Gasteiger partial charge in [-0.3, -0.25) is 0 Å². The van der Waals surface area contributed by atoms with Gasteiger partial charge in [-0.2, -0.15) is 8.78 Å². The molecule has 1 aromatic carbocycles. The molecule has 1 aliphatic rings. The first-order valence-electron chi connectivity index (χ1n) is 6.05. The molecule has 0 atom stereocenters. The second kappa shape index (κ2) is 5.86. The van der Waals surface area contributed by atoms with Gasteiger partial charge in [0, 0.05) is 6.07 Å². The molecule has 0 spiro atoms. The van der Waals surface area contributed by atoms with Crippen LogP contribution >= 0.6 is 0 Å². The van der Waals surface area contributed by atoms with E-state index in [2.05, 4.69) is 4.74 Å². The Balaban J connectivity index is 2.22. The van der Waals surface area contributed by atoms with E-state index in [1.165, 1.54) is 18.2 Å². The molecule has 1 saturated carbocycles. The van der Waals surface area contributed by atoms with Crippen molar-refractivity contribution in [1.29, 1.82) is 0 Å². The molecule has 0 saturated heterocycles. The number of hydrogen-bond acceptors (Lipinski definition) is 3. The second-order valence-electron chi connectivity index (χ2n) is 4.37. The SMILES string of the molecule is O=C(O)c1ccc(OC(F)F)cc1OC1CCCC1. The largest absolute Gasteiger partial charge is 0.489 e. The zero-order valence-corrected chi connectivity index (χ0v) is 10.1. The van der Waals surface area contributed by atoms with E-state index in [-0.39, 0.29) is 23.2 Å². The highest BCUT2D eigenvalue weighted by Crippen LogP contribution is 2.30. The second-order valence-corrected chi connectivity index (χ2v) is 4.37. The number of carbonyl (C=O) groups is 1. The molecule has 2 rings (SSSR count). The summed E-state index contributed by atoms with van der Waals surface area (Å²) in [6, 6.07) is 3.61. The van der Waals surface area contributed by atoms with Gasteiger partial charge < -0.3 is 14.6 Å². The zero-order chi connectivity index (χ0) is 13.8. The minimum Gasteiger partial charge on any atom is -0.489 e. The lowest BCUT2D eigenvalue weighted by Crippen LogP contribution is -2.14. The normalized spacial score (nSPS) is 15.7. The summed E-state index contributed by atoms with van der Waals surface area (Å²) in [6.07, 6.45) is 3.69. The number of carboxylic acid groups (broad SMARTS) is 1. The quantitative estimate of drug-likeness (QED) is 0.893. The first-order chi connectivity index (χ1) is 9.06. The summed E-state index contributed by atoms with van der Waals surface area (Å²) in [7, 11) is 0. The molecule has 1 aromatic rings. The molecule has 0 aliphatic heterocycles. The molecule has 0 unspecified atom stereocenters. The van der Waals surface area contributed by atoms with Crippen molar-refractivity contribution < 1.29 is 28.2 Å². The van der Waals surface area contributed by atoms with Crippen LogP contribution in [0.4, 0.5) is 8.78 Å². The van der Waals surface area contributed by atoms with Crippen LogP contribution in [0.2, 0.25) is 0 Å². The summed E-state index contributed by atoms with van der Waals surface area (Å²) in [5, 5.41) is 9.04. The van der Waals surface area contributed by atoms with E-state index in [1.54, 1.807) is 0 Å². The maximum atomic E-state index is 12.1. The number of alkyl halides is 2. The van der Waals surface area contributed by atoms with Gasteiger partial charge in [-0.15, -0.1) is 0 Å². The molecular formula is C13H14F2O4. The van der Waals surface area contributed by atoms with Gasteiger partial charge in [-0.25, -0.2) is 4.79 Å². The number of rotatable bonds is 5. The van der Waals surface area contributed by atoms with Gasteiger partial charge in [0.25, 0.3) is 0 Å². The summed E-state index contributed by atoms with van der Waals surface area (Å²) in [5.41, 5.74) is -0.0477. The fourth-order valence-electron chi connectivity index (χ4n) is 2.14. The lowest BCUT2D eigenvalue weighted by molar-refractivity contribution is -0.0499. The molecule has 104 valence electrons. The van der Waals surface area contributed by atoms with E-state index in [0.29, 0.717) is 0 Å². The lowest BCUT2D eigenvalue weighted by Gasteiger charge is -2.16. The molecule has 0 amide bonds. The molecule has 0 heterocycles. The third-order valence-corrected chi connectivity index (χ3v) is 3.00. The van der Waals surface area contributed by atoms with Crippen molar-refractivity contribution in [3.05, 3.63) is 23.8 Å². The first kappa shape index (κ1) is 13.6. The Morgan fingerprint density at radius 2 is 2.00 bits per heavy atom. The van der Waals surface area contributed by atoms with E-state index in [1.807, 2.05) is 0 Å². The summed E-state index contributed by atoms with van der Waals surface area (Å²) in [4.78, 5) is 11.1. The lowest BCUT2D eigenvalue weighted by atomic mass is 10.2. The van der Waals surface area contributed by atoms with Crippen molar-refractivity contribution in [3.8, 4) is 11.5 Å². The van der Waals surface area contributed by atoms with Crippen LogP contribution in [0.15, 0.2) is 18.2 Å². The fraction of sp³-hybridized carbons (Fsp3) is 0.462. The molecule has 1 aliphatic carbocycles. The van der Waals surface area contributed by atoms with E-state index in [0.717, 1.165) is 25.7 Å². The van der Waals surface area contributed by atoms with Crippen LogP contribution in [-0.2, 0) is 0 Å². The van der Waals surface area contributed by atoms with Crippen LogP contribution in [-0.4, -0.2) is 23.8 Å². The Kier molecular flexibility index (Phi) is 4.19. The molecule has 0 bridgehead atoms. The highest BCUT2D eigenvalue weighted by molar-refractivity contribution is 5.91. The third kappa shape index (κ3) is 3.56. The zero-order valence-electron chi connectivity index (χ0n) is 10.1. The maximum absolute atomic E-state index is 12.1.